The molecule has 2 aliphatic rings. The maximum atomic E-state index is 15.2. The van der Waals surface area contributed by atoms with E-state index in [1.165, 1.54) is 0 Å². The number of nitrogens with one attached hydrogen (secondary N) is 1. The van der Waals surface area contributed by atoms with Gasteiger partial charge in [-0.05, 0) is 0 Å². The summed E-state index contributed by atoms with van der Waals surface area (Å²) < 4.78 is 46.6. The zero-order valence-corrected chi connectivity index (χ0v) is 19.5. The van der Waals surface area contributed by atoms with E-state index in [4.69, 9.17) is 28.4 Å². The molecule has 4 N–H and O–H groups in total. The van der Waals surface area contributed by atoms with E-state index in [9.17, 15) is 34.5 Å². The summed E-state index contributed by atoms with van der Waals surface area (Å²) in [5.41, 5.74) is 0. The topological polar surface area (TPSA) is 196 Å². The number of amides is 1. The Labute approximate surface area is 199 Å². The molecule has 10 atom stereocenters. The second kappa shape index (κ2) is 12.5. The Hall–Kier alpha value is -2.43. The molecule has 0 aliphatic carbocycles. The van der Waals surface area contributed by atoms with Crippen LogP contribution in [0, 0.1) is 0 Å². The average Bonchev–Trinajstić information content (AvgIpc) is 2.75. The zero-order valence-electron chi connectivity index (χ0n) is 19.5. The summed E-state index contributed by atoms with van der Waals surface area (Å²) in [6, 6.07) is -1.41. The van der Waals surface area contributed by atoms with E-state index < -0.39 is 98.4 Å². The summed E-state index contributed by atoms with van der Waals surface area (Å²) in [5.74, 6) is -3.26. The van der Waals surface area contributed by atoms with Crippen molar-refractivity contribution < 1.29 is 67.3 Å². The van der Waals surface area contributed by atoms with Gasteiger partial charge in [-0.1, -0.05) is 0 Å². The lowest BCUT2D eigenvalue weighted by molar-refractivity contribution is -0.338. The van der Waals surface area contributed by atoms with Gasteiger partial charge in [0.2, 0.25) is 5.91 Å². The van der Waals surface area contributed by atoms with Crippen LogP contribution in [-0.2, 0) is 47.6 Å². The van der Waals surface area contributed by atoms with Gasteiger partial charge < -0.3 is 49.1 Å². The van der Waals surface area contributed by atoms with Gasteiger partial charge in [-0.3, -0.25) is 19.2 Å². The van der Waals surface area contributed by atoms with E-state index >= 15 is 4.39 Å². The second-order valence-electron chi connectivity index (χ2n) is 8.00. The predicted molar refractivity (Wildman–Crippen MR) is 108 cm³/mol. The fourth-order valence-electron chi connectivity index (χ4n) is 3.74. The van der Waals surface area contributed by atoms with Crippen molar-refractivity contribution in [3.63, 3.8) is 0 Å². The molecule has 0 radical (unpaired) electrons. The maximum Gasteiger partial charge on any atom is 0.303 e. The summed E-state index contributed by atoms with van der Waals surface area (Å²) in [7, 11) is 0. The number of hydrogen-bond donors (Lipinski definition) is 4. The number of esters is 3. The van der Waals surface area contributed by atoms with Gasteiger partial charge in [0.05, 0.1) is 6.61 Å². The van der Waals surface area contributed by atoms with Crippen molar-refractivity contribution in [2.45, 2.75) is 89.1 Å². The first-order valence-electron chi connectivity index (χ1n) is 10.7. The van der Waals surface area contributed by atoms with Crippen molar-refractivity contribution in [1.29, 1.82) is 0 Å². The Kier molecular flexibility index (Phi) is 10.3. The lowest BCUT2D eigenvalue weighted by Gasteiger charge is -2.47. The normalized spacial score (nSPS) is 37.1. The van der Waals surface area contributed by atoms with Gasteiger partial charge in [-0.25, -0.2) is 4.39 Å². The van der Waals surface area contributed by atoms with Crippen molar-refractivity contribution >= 4 is 23.8 Å². The summed E-state index contributed by atoms with van der Waals surface area (Å²) in [5, 5.41) is 32.8. The lowest BCUT2D eigenvalue weighted by Crippen LogP contribution is -2.68. The Balaban J connectivity index is 2.44. The summed E-state index contributed by atoms with van der Waals surface area (Å²) >= 11 is 0. The van der Waals surface area contributed by atoms with Crippen LogP contribution in [0.15, 0.2) is 0 Å². The van der Waals surface area contributed by atoms with Crippen LogP contribution in [0.3, 0.4) is 0 Å². The van der Waals surface area contributed by atoms with Crippen LogP contribution < -0.4 is 5.32 Å². The molecular formula is C20H30FNO13. The van der Waals surface area contributed by atoms with Crippen molar-refractivity contribution in [2.24, 2.45) is 0 Å². The summed E-state index contributed by atoms with van der Waals surface area (Å²) in [6.07, 6.45) is -15.3. The molecule has 0 aromatic heterocycles. The van der Waals surface area contributed by atoms with Gasteiger partial charge in [-0.2, -0.15) is 0 Å². The maximum absolute atomic E-state index is 15.2. The Morgan fingerprint density at radius 3 is 2.00 bits per heavy atom. The molecule has 2 rings (SSSR count). The van der Waals surface area contributed by atoms with Crippen LogP contribution in [0.2, 0.25) is 0 Å². The minimum absolute atomic E-state index is 0.631. The minimum Gasteiger partial charge on any atom is -0.463 e. The highest BCUT2D eigenvalue weighted by atomic mass is 19.1. The lowest BCUT2D eigenvalue weighted by atomic mass is 9.95. The second-order valence-corrected chi connectivity index (χ2v) is 8.00. The van der Waals surface area contributed by atoms with Crippen LogP contribution in [0.5, 0.6) is 0 Å². The average molecular weight is 511 g/mol. The predicted octanol–water partition coefficient (Wildman–Crippen LogP) is -2.56. The van der Waals surface area contributed by atoms with E-state index in [-0.39, 0.29) is 0 Å². The van der Waals surface area contributed by atoms with E-state index in [0.29, 0.717) is 0 Å². The SMILES string of the molecule is CC(=O)N[C@@H]1[C@@H](O[C@@H]2O[C@H](COC(C)=O)[C@H](F)[C@H](OC(C)=O)[C@H]2OC(C)=O)[C@@H](O)[C@@H](CO)O[C@@H]1O. The van der Waals surface area contributed by atoms with Crippen molar-refractivity contribution in [3.8, 4) is 0 Å². The van der Waals surface area contributed by atoms with Crippen LogP contribution in [0.25, 0.3) is 0 Å². The number of halogens is 1. The number of rotatable bonds is 8. The molecule has 2 aliphatic heterocycles. The molecule has 15 heteroatoms. The molecule has 0 saturated carbocycles. The quantitative estimate of drug-likeness (QED) is 0.196. The van der Waals surface area contributed by atoms with E-state index in [2.05, 4.69) is 5.32 Å². The van der Waals surface area contributed by atoms with E-state index in [1.807, 2.05) is 0 Å². The molecule has 14 nitrogen and oxygen atoms in total. The number of aliphatic hydroxyl groups excluding tert-OH is 3. The van der Waals surface area contributed by atoms with Gasteiger partial charge >= 0.3 is 17.9 Å². The Morgan fingerprint density at radius 1 is 0.886 bits per heavy atom. The molecule has 0 unspecified atom stereocenters. The first-order chi connectivity index (χ1) is 16.3. The highest BCUT2D eigenvalue weighted by Crippen LogP contribution is 2.33. The van der Waals surface area contributed by atoms with Crippen LogP contribution in [0.4, 0.5) is 4.39 Å². The van der Waals surface area contributed by atoms with Crippen molar-refractivity contribution in [3.05, 3.63) is 0 Å². The summed E-state index contributed by atoms with van der Waals surface area (Å²) in [4.78, 5) is 46.3. The van der Waals surface area contributed by atoms with E-state index in [1.54, 1.807) is 0 Å². The van der Waals surface area contributed by atoms with Crippen molar-refractivity contribution in [2.75, 3.05) is 13.2 Å². The molecule has 2 heterocycles. The fourth-order valence-corrected chi connectivity index (χ4v) is 3.74. The molecule has 0 spiro atoms. The number of ether oxygens (including phenoxy) is 6. The van der Waals surface area contributed by atoms with Gasteiger partial charge in [0.1, 0.15) is 37.1 Å². The smallest absolute Gasteiger partial charge is 0.303 e. The highest BCUT2D eigenvalue weighted by Gasteiger charge is 2.54. The standard InChI is InChI=1S/C20H30FNO13/c1-7(24)22-14-17(15(28)11(5-23)33-19(14)29)35-20-18(32-10(4)27)16(31-9(3)26)13(21)12(34-20)6-30-8(2)25/h11-20,23,28-29H,5-6H2,1-4H3,(H,22,24)/t11-,12-,13+,14-,15+,16+,17-,18-,19+,20+/m1/s1. The van der Waals surface area contributed by atoms with Crippen LogP contribution >= 0.6 is 0 Å². The number of carbonyl (C=O) groups is 4. The van der Waals surface area contributed by atoms with Crippen LogP contribution in [-0.4, -0.2) is 114 Å². The third kappa shape index (κ3) is 7.52. The number of aliphatic hydroxyl groups is 3. The third-order valence-corrected chi connectivity index (χ3v) is 5.16. The Morgan fingerprint density at radius 2 is 1.49 bits per heavy atom. The number of carbonyl (C=O) groups excluding carboxylic acids is 4. The Bertz CT molecular complexity index is 782. The van der Waals surface area contributed by atoms with Gasteiger partial charge in [0.15, 0.2) is 31.0 Å². The molecular weight excluding hydrogens is 481 g/mol. The molecule has 2 saturated heterocycles. The first kappa shape index (κ1) is 28.8. The molecule has 0 aromatic rings. The first-order valence-corrected chi connectivity index (χ1v) is 10.7. The third-order valence-electron chi connectivity index (χ3n) is 5.16. The van der Waals surface area contributed by atoms with Gasteiger partial charge in [0, 0.05) is 27.7 Å². The highest BCUT2D eigenvalue weighted by molar-refractivity contribution is 5.73. The fraction of sp³-hybridized carbons (Fsp3) is 0.800. The molecule has 200 valence electrons. The molecule has 0 bridgehead atoms. The van der Waals surface area contributed by atoms with Crippen molar-refractivity contribution in [1.82, 2.24) is 5.32 Å². The molecule has 0 aromatic carbocycles. The molecule has 1 amide bonds. The van der Waals surface area contributed by atoms with E-state index in [0.717, 1.165) is 27.7 Å². The summed E-state index contributed by atoms with van der Waals surface area (Å²) in [6.45, 7) is 2.79. The van der Waals surface area contributed by atoms with Gasteiger partial charge in [-0.15, -0.1) is 0 Å². The zero-order chi connectivity index (χ0) is 26.4. The monoisotopic (exact) mass is 511 g/mol. The largest absolute Gasteiger partial charge is 0.463 e. The molecule has 35 heavy (non-hydrogen) atoms. The minimum atomic E-state index is -2.14. The number of alkyl halides is 1. The number of hydrogen-bond acceptors (Lipinski definition) is 13. The van der Waals surface area contributed by atoms with Gasteiger partial charge in [0.25, 0.3) is 0 Å². The van der Waals surface area contributed by atoms with Crippen LogP contribution in [0.1, 0.15) is 27.7 Å². The molecule has 2 fully saturated rings.